The van der Waals surface area contributed by atoms with Gasteiger partial charge in [0.2, 0.25) is 0 Å². The van der Waals surface area contributed by atoms with E-state index in [0.29, 0.717) is 6.42 Å². The molecule has 3 aromatic rings. The van der Waals surface area contributed by atoms with Crippen LogP contribution in [0.2, 0.25) is 0 Å². The molecule has 3 rings (SSSR count). The molecule has 0 bridgehead atoms. The van der Waals surface area contributed by atoms with E-state index in [2.05, 4.69) is 26.2 Å². The first-order valence-corrected chi connectivity index (χ1v) is 8.53. The molecule has 0 fully saturated rings. The maximum absolute atomic E-state index is 12.6. The molecule has 0 aliphatic rings. The number of carbonyl (C=O) groups is 1. The molecule has 1 N–H and O–H groups in total. The molecular formula is C20H17BrN2O. The Bertz CT molecular complexity index is 789. The van der Waals surface area contributed by atoms with Gasteiger partial charge in [0.15, 0.2) is 5.78 Å². The van der Waals surface area contributed by atoms with Gasteiger partial charge in [-0.2, -0.15) is 0 Å². The van der Waals surface area contributed by atoms with Gasteiger partial charge in [-0.3, -0.25) is 4.79 Å². The average molecular weight is 381 g/mol. The minimum Gasteiger partial charge on any atom is -0.363 e. The van der Waals surface area contributed by atoms with E-state index < -0.39 is 0 Å². The first-order chi connectivity index (χ1) is 11.7. The molecule has 1 heterocycles. The number of pyridine rings is 1. The summed E-state index contributed by atoms with van der Waals surface area (Å²) in [6, 6.07) is 23.0. The molecule has 24 heavy (non-hydrogen) atoms. The molecule has 0 amide bonds. The molecule has 1 atom stereocenters. The summed E-state index contributed by atoms with van der Waals surface area (Å²) in [5, 5.41) is 3.37. The molecule has 120 valence electrons. The Morgan fingerprint density at radius 3 is 2.25 bits per heavy atom. The van der Waals surface area contributed by atoms with Gasteiger partial charge in [-0.15, -0.1) is 0 Å². The van der Waals surface area contributed by atoms with Crippen molar-refractivity contribution in [2.45, 2.75) is 12.5 Å². The van der Waals surface area contributed by atoms with E-state index in [0.717, 1.165) is 21.4 Å². The van der Waals surface area contributed by atoms with E-state index in [1.54, 1.807) is 6.20 Å². The zero-order chi connectivity index (χ0) is 16.8. The topological polar surface area (TPSA) is 42.0 Å². The van der Waals surface area contributed by atoms with Crippen molar-refractivity contribution in [3.05, 3.63) is 94.6 Å². The standard InChI is InChI=1S/C20H17BrN2O/c21-17-11-12-20(22-14-17)23-18(15-7-3-1-4-8-15)13-19(24)16-9-5-2-6-10-16/h1-12,14,18H,13H2,(H,22,23). The Labute approximate surface area is 149 Å². The van der Waals surface area contributed by atoms with E-state index in [9.17, 15) is 4.79 Å². The van der Waals surface area contributed by atoms with Crippen LogP contribution in [0, 0.1) is 0 Å². The van der Waals surface area contributed by atoms with Crippen LogP contribution in [0.5, 0.6) is 0 Å². The second-order valence-electron chi connectivity index (χ2n) is 5.46. The Kier molecular flexibility index (Phi) is 5.39. The van der Waals surface area contributed by atoms with Gasteiger partial charge in [0.1, 0.15) is 5.82 Å². The maximum Gasteiger partial charge on any atom is 0.165 e. The number of hydrogen-bond acceptors (Lipinski definition) is 3. The molecule has 0 aliphatic heterocycles. The Hall–Kier alpha value is -2.46. The van der Waals surface area contributed by atoms with Gasteiger partial charge in [-0.25, -0.2) is 4.98 Å². The molecule has 1 aromatic heterocycles. The molecule has 4 heteroatoms. The Balaban J connectivity index is 1.82. The number of halogens is 1. The lowest BCUT2D eigenvalue weighted by atomic mass is 9.98. The number of aromatic nitrogens is 1. The average Bonchev–Trinajstić information content (AvgIpc) is 2.64. The summed E-state index contributed by atoms with van der Waals surface area (Å²) in [5.74, 6) is 0.849. The highest BCUT2D eigenvalue weighted by Crippen LogP contribution is 2.24. The fourth-order valence-electron chi connectivity index (χ4n) is 2.50. The number of rotatable bonds is 6. The van der Waals surface area contributed by atoms with Gasteiger partial charge < -0.3 is 5.32 Å². The number of benzene rings is 2. The summed E-state index contributed by atoms with van der Waals surface area (Å²) < 4.78 is 0.921. The zero-order valence-corrected chi connectivity index (χ0v) is 14.6. The molecule has 2 aromatic carbocycles. The lowest BCUT2D eigenvalue weighted by Gasteiger charge is -2.19. The summed E-state index contributed by atoms with van der Waals surface area (Å²) in [7, 11) is 0. The smallest absolute Gasteiger partial charge is 0.165 e. The van der Waals surface area contributed by atoms with Crippen molar-refractivity contribution in [3.63, 3.8) is 0 Å². The number of carbonyl (C=O) groups excluding carboxylic acids is 1. The van der Waals surface area contributed by atoms with Crippen molar-refractivity contribution in [1.29, 1.82) is 0 Å². The van der Waals surface area contributed by atoms with Crippen LogP contribution >= 0.6 is 15.9 Å². The minimum atomic E-state index is -0.132. The number of nitrogens with zero attached hydrogens (tertiary/aromatic N) is 1. The highest BCUT2D eigenvalue weighted by molar-refractivity contribution is 9.10. The first-order valence-electron chi connectivity index (χ1n) is 7.73. The molecule has 0 radical (unpaired) electrons. The Morgan fingerprint density at radius 1 is 0.958 bits per heavy atom. The van der Waals surface area contributed by atoms with Gasteiger partial charge in [0.25, 0.3) is 0 Å². The maximum atomic E-state index is 12.6. The third kappa shape index (κ3) is 4.30. The van der Waals surface area contributed by atoms with Crippen molar-refractivity contribution in [2.24, 2.45) is 0 Å². The minimum absolute atomic E-state index is 0.106. The third-order valence-electron chi connectivity index (χ3n) is 3.74. The fourth-order valence-corrected chi connectivity index (χ4v) is 2.74. The van der Waals surface area contributed by atoms with Crippen molar-refractivity contribution in [2.75, 3.05) is 5.32 Å². The predicted molar refractivity (Wildman–Crippen MR) is 100 cm³/mol. The lowest BCUT2D eigenvalue weighted by molar-refractivity contribution is 0.0976. The van der Waals surface area contributed by atoms with Crippen LogP contribution in [-0.2, 0) is 0 Å². The number of hydrogen-bond donors (Lipinski definition) is 1. The van der Waals surface area contributed by atoms with Gasteiger partial charge >= 0.3 is 0 Å². The molecule has 0 saturated heterocycles. The summed E-state index contributed by atoms with van der Waals surface area (Å²) >= 11 is 3.38. The van der Waals surface area contributed by atoms with E-state index in [-0.39, 0.29) is 11.8 Å². The quantitative estimate of drug-likeness (QED) is 0.592. The SMILES string of the molecule is O=C(CC(Nc1ccc(Br)cn1)c1ccccc1)c1ccccc1. The largest absolute Gasteiger partial charge is 0.363 e. The van der Waals surface area contributed by atoms with Crippen molar-refractivity contribution in [3.8, 4) is 0 Å². The summed E-state index contributed by atoms with van der Waals surface area (Å²) in [6.45, 7) is 0. The molecule has 3 nitrogen and oxygen atoms in total. The molecule has 0 saturated carbocycles. The summed E-state index contributed by atoms with van der Waals surface area (Å²) in [6.07, 6.45) is 2.11. The third-order valence-corrected chi connectivity index (χ3v) is 4.21. The van der Waals surface area contributed by atoms with E-state index >= 15 is 0 Å². The van der Waals surface area contributed by atoms with Crippen LogP contribution in [0.15, 0.2) is 83.5 Å². The Morgan fingerprint density at radius 2 is 1.62 bits per heavy atom. The van der Waals surface area contributed by atoms with Crippen LogP contribution in [0.25, 0.3) is 0 Å². The fraction of sp³-hybridized carbons (Fsp3) is 0.100. The van der Waals surface area contributed by atoms with Crippen LogP contribution in [0.4, 0.5) is 5.82 Å². The van der Waals surface area contributed by atoms with Gasteiger partial charge in [0.05, 0.1) is 6.04 Å². The molecule has 0 aliphatic carbocycles. The number of ketones is 1. The number of Topliss-reactive ketones (excluding diaryl/α,β-unsaturated/α-hetero) is 1. The second kappa shape index (κ2) is 7.88. The van der Waals surface area contributed by atoms with Crippen LogP contribution in [0.1, 0.15) is 28.4 Å². The van der Waals surface area contributed by atoms with Crippen LogP contribution in [-0.4, -0.2) is 10.8 Å². The highest BCUT2D eigenvalue weighted by Gasteiger charge is 2.17. The first kappa shape index (κ1) is 16.4. The predicted octanol–water partition coefficient (Wildman–Crippen LogP) is 5.27. The van der Waals surface area contributed by atoms with E-state index in [4.69, 9.17) is 0 Å². The van der Waals surface area contributed by atoms with Gasteiger partial charge in [-0.05, 0) is 33.6 Å². The monoisotopic (exact) mass is 380 g/mol. The molecular weight excluding hydrogens is 364 g/mol. The highest BCUT2D eigenvalue weighted by atomic mass is 79.9. The van der Waals surface area contributed by atoms with E-state index in [1.807, 2.05) is 72.8 Å². The van der Waals surface area contributed by atoms with Crippen molar-refractivity contribution >= 4 is 27.5 Å². The zero-order valence-electron chi connectivity index (χ0n) is 13.0. The molecule has 0 spiro atoms. The second-order valence-corrected chi connectivity index (χ2v) is 6.38. The normalized spacial score (nSPS) is 11.7. The van der Waals surface area contributed by atoms with Crippen LogP contribution < -0.4 is 5.32 Å². The number of nitrogens with one attached hydrogen (secondary N) is 1. The van der Waals surface area contributed by atoms with Gasteiger partial charge in [0, 0.05) is 22.7 Å². The van der Waals surface area contributed by atoms with E-state index in [1.165, 1.54) is 0 Å². The van der Waals surface area contributed by atoms with Crippen molar-refractivity contribution < 1.29 is 4.79 Å². The van der Waals surface area contributed by atoms with Crippen LogP contribution in [0.3, 0.4) is 0 Å². The summed E-state index contributed by atoms with van der Waals surface area (Å²) in [4.78, 5) is 17.0. The van der Waals surface area contributed by atoms with Gasteiger partial charge in [-0.1, -0.05) is 60.7 Å². The van der Waals surface area contributed by atoms with Crippen molar-refractivity contribution in [1.82, 2.24) is 4.98 Å². The number of anilines is 1. The lowest BCUT2D eigenvalue weighted by Crippen LogP contribution is -2.16. The molecule has 1 unspecified atom stereocenters. The summed E-state index contributed by atoms with van der Waals surface area (Å²) in [5.41, 5.74) is 1.79.